The number of hydrogen-bond acceptors (Lipinski definition) is 2. The third-order valence-electron chi connectivity index (χ3n) is 4.80. The van der Waals surface area contributed by atoms with E-state index in [2.05, 4.69) is 34.5 Å². The molecule has 1 aliphatic heterocycles. The molecule has 3 nitrogen and oxygen atoms in total. The van der Waals surface area contributed by atoms with Crippen LogP contribution in [-0.2, 0) is 0 Å². The number of hydrogen-bond donors (Lipinski definition) is 1. The highest BCUT2D eigenvalue weighted by Gasteiger charge is 2.20. The molecule has 5 heteroatoms. The number of halogens is 2. The maximum Gasteiger partial charge on any atom is 0.254 e. The van der Waals surface area contributed by atoms with Crippen LogP contribution in [0.15, 0.2) is 54.6 Å². The van der Waals surface area contributed by atoms with E-state index >= 15 is 0 Å². The number of piperidine rings is 1. The third-order valence-corrected chi connectivity index (χ3v) is 5.04. The number of likely N-dealkylation sites (tertiary alicyclic amines) is 1. The zero-order valence-corrected chi connectivity index (χ0v) is 16.0. The number of carbonyl (C=O) groups is 1. The monoisotopic (exact) mass is 386 g/mol. The van der Waals surface area contributed by atoms with Crippen molar-refractivity contribution in [3.8, 4) is 0 Å². The lowest BCUT2D eigenvalue weighted by atomic mass is 9.98. The van der Waals surface area contributed by atoms with Crippen molar-refractivity contribution >= 4 is 23.6 Å². The molecule has 1 heterocycles. The van der Waals surface area contributed by atoms with Gasteiger partial charge in [0.2, 0.25) is 0 Å². The van der Waals surface area contributed by atoms with Gasteiger partial charge in [-0.1, -0.05) is 54.1 Å². The second-order valence-electron chi connectivity index (χ2n) is 6.92. The molecule has 1 fully saturated rings. The summed E-state index contributed by atoms with van der Waals surface area (Å²) in [6, 6.07) is 14.4. The van der Waals surface area contributed by atoms with Crippen molar-refractivity contribution in [1.82, 2.24) is 10.2 Å². The first-order valence-electron chi connectivity index (χ1n) is 9.29. The predicted octanol–water partition coefficient (Wildman–Crippen LogP) is 4.63. The van der Waals surface area contributed by atoms with Crippen LogP contribution in [0.2, 0.25) is 5.02 Å². The van der Waals surface area contributed by atoms with E-state index in [0.717, 1.165) is 38.5 Å². The average Bonchev–Trinajstić information content (AvgIpc) is 2.67. The molecule has 2 aromatic rings. The Labute approximate surface area is 164 Å². The standard InChI is InChI=1S/C22H24ClFN2O/c23-19-10-11-20(21(24)14-19)22(27)25-15-18-9-5-13-26(16-18)12-4-8-17-6-2-1-3-7-17/h1-4,6-8,10-11,14,18H,5,9,12-13,15-16H2,(H,25,27)/b8-4+. The van der Waals surface area contributed by atoms with Gasteiger partial charge in [0.05, 0.1) is 5.56 Å². The number of carbonyl (C=O) groups excluding carboxylic acids is 1. The summed E-state index contributed by atoms with van der Waals surface area (Å²) in [7, 11) is 0. The minimum absolute atomic E-state index is 0.0397. The van der Waals surface area contributed by atoms with E-state index in [-0.39, 0.29) is 16.5 Å². The molecule has 0 aliphatic carbocycles. The van der Waals surface area contributed by atoms with Gasteiger partial charge in [-0.25, -0.2) is 4.39 Å². The van der Waals surface area contributed by atoms with E-state index in [1.807, 2.05) is 18.2 Å². The van der Waals surface area contributed by atoms with Crippen LogP contribution in [0.25, 0.3) is 6.08 Å². The molecule has 0 radical (unpaired) electrons. The molecular weight excluding hydrogens is 363 g/mol. The number of rotatable bonds is 6. The fourth-order valence-electron chi connectivity index (χ4n) is 3.39. The summed E-state index contributed by atoms with van der Waals surface area (Å²) >= 11 is 5.73. The van der Waals surface area contributed by atoms with Gasteiger partial charge in [-0.3, -0.25) is 9.69 Å². The number of amides is 1. The molecule has 0 saturated carbocycles. The lowest BCUT2D eigenvalue weighted by Gasteiger charge is -2.32. The highest BCUT2D eigenvalue weighted by Crippen LogP contribution is 2.17. The molecule has 1 N–H and O–H groups in total. The quantitative estimate of drug-likeness (QED) is 0.784. The molecular formula is C22H24ClFN2O. The normalized spacial score (nSPS) is 17.9. The molecule has 0 spiro atoms. The van der Waals surface area contributed by atoms with E-state index in [4.69, 9.17) is 11.6 Å². The summed E-state index contributed by atoms with van der Waals surface area (Å²) in [5.41, 5.74) is 1.24. The molecule has 142 valence electrons. The van der Waals surface area contributed by atoms with Crippen molar-refractivity contribution in [2.24, 2.45) is 5.92 Å². The van der Waals surface area contributed by atoms with Crippen molar-refractivity contribution in [3.05, 3.63) is 76.6 Å². The zero-order valence-electron chi connectivity index (χ0n) is 15.2. The van der Waals surface area contributed by atoms with Gasteiger partial charge in [-0.05, 0) is 49.1 Å². The van der Waals surface area contributed by atoms with E-state index < -0.39 is 5.82 Å². The van der Waals surface area contributed by atoms with Gasteiger partial charge in [0.25, 0.3) is 5.91 Å². The molecule has 2 aromatic carbocycles. The molecule has 1 aliphatic rings. The summed E-state index contributed by atoms with van der Waals surface area (Å²) in [4.78, 5) is 14.6. The van der Waals surface area contributed by atoms with E-state index in [1.54, 1.807) is 0 Å². The van der Waals surface area contributed by atoms with Gasteiger partial charge < -0.3 is 5.32 Å². The smallest absolute Gasteiger partial charge is 0.254 e. The SMILES string of the molecule is O=C(NCC1CCCN(C/C=C/c2ccccc2)C1)c1ccc(Cl)cc1F. The summed E-state index contributed by atoms with van der Waals surface area (Å²) in [5, 5.41) is 3.15. The van der Waals surface area contributed by atoms with Crippen molar-refractivity contribution in [2.45, 2.75) is 12.8 Å². The Morgan fingerprint density at radius 1 is 1.26 bits per heavy atom. The summed E-state index contributed by atoms with van der Waals surface area (Å²) in [6.45, 7) is 3.45. The lowest BCUT2D eigenvalue weighted by molar-refractivity contribution is 0.0931. The van der Waals surface area contributed by atoms with Crippen LogP contribution >= 0.6 is 11.6 Å². The summed E-state index contributed by atoms with van der Waals surface area (Å²) in [6.07, 6.45) is 6.49. The van der Waals surface area contributed by atoms with Crippen LogP contribution in [-0.4, -0.2) is 37.0 Å². The molecule has 1 unspecified atom stereocenters. The second-order valence-corrected chi connectivity index (χ2v) is 7.35. The Morgan fingerprint density at radius 2 is 2.07 bits per heavy atom. The van der Waals surface area contributed by atoms with Crippen LogP contribution in [0, 0.1) is 11.7 Å². The predicted molar refractivity (Wildman–Crippen MR) is 108 cm³/mol. The van der Waals surface area contributed by atoms with Crippen LogP contribution in [0.4, 0.5) is 4.39 Å². The Hall–Kier alpha value is -2.17. The molecule has 3 rings (SSSR count). The largest absolute Gasteiger partial charge is 0.352 e. The Bertz CT molecular complexity index is 794. The minimum atomic E-state index is -0.587. The maximum atomic E-state index is 13.8. The van der Waals surface area contributed by atoms with Crippen LogP contribution < -0.4 is 5.32 Å². The first kappa shape index (κ1) is 19.6. The molecule has 0 bridgehead atoms. The molecule has 1 amide bonds. The van der Waals surface area contributed by atoms with Crippen LogP contribution in [0.1, 0.15) is 28.8 Å². The average molecular weight is 387 g/mol. The zero-order chi connectivity index (χ0) is 19.1. The third kappa shape index (κ3) is 5.91. The number of nitrogens with one attached hydrogen (secondary N) is 1. The molecule has 27 heavy (non-hydrogen) atoms. The van der Waals surface area contributed by atoms with Crippen molar-refractivity contribution in [3.63, 3.8) is 0 Å². The highest BCUT2D eigenvalue weighted by molar-refractivity contribution is 6.30. The number of benzene rings is 2. The number of nitrogens with zero attached hydrogens (tertiary/aromatic N) is 1. The van der Waals surface area contributed by atoms with Crippen LogP contribution in [0.3, 0.4) is 0 Å². The van der Waals surface area contributed by atoms with Gasteiger partial charge in [-0.15, -0.1) is 0 Å². The molecule has 1 atom stereocenters. The van der Waals surface area contributed by atoms with Gasteiger partial charge >= 0.3 is 0 Å². The molecule has 0 aromatic heterocycles. The highest BCUT2D eigenvalue weighted by atomic mass is 35.5. The Balaban J connectivity index is 1.46. The van der Waals surface area contributed by atoms with Gasteiger partial charge in [0, 0.05) is 24.7 Å². The fraction of sp³-hybridized carbons (Fsp3) is 0.318. The second kappa shape index (κ2) is 9.67. The minimum Gasteiger partial charge on any atom is -0.352 e. The van der Waals surface area contributed by atoms with E-state index in [1.165, 1.54) is 17.7 Å². The van der Waals surface area contributed by atoms with E-state index in [9.17, 15) is 9.18 Å². The fourth-order valence-corrected chi connectivity index (χ4v) is 3.55. The van der Waals surface area contributed by atoms with Gasteiger partial charge in [0.1, 0.15) is 5.82 Å². The van der Waals surface area contributed by atoms with Crippen LogP contribution in [0.5, 0.6) is 0 Å². The first-order valence-corrected chi connectivity index (χ1v) is 9.67. The Morgan fingerprint density at radius 3 is 2.85 bits per heavy atom. The van der Waals surface area contributed by atoms with E-state index in [0.29, 0.717) is 12.5 Å². The topological polar surface area (TPSA) is 32.3 Å². The Kier molecular flexibility index (Phi) is 7.02. The lowest BCUT2D eigenvalue weighted by Crippen LogP contribution is -2.41. The first-order chi connectivity index (χ1) is 13.1. The van der Waals surface area contributed by atoms with Crippen molar-refractivity contribution < 1.29 is 9.18 Å². The maximum absolute atomic E-state index is 13.8. The summed E-state index contributed by atoms with van der Waals surface area (Å²) in [5.74, 6) is -0.593. The van der Waals surface area contributed by atoms with Crippen molar-refractivity contribution in [2.75, 3.05) is 26.2 Å². The van der Waals surface area contributed by atoms with Gasteiger partial charge in [0.15, 0.2) is 0 Å². The van der Waals surface area contributed by atoms with Crippen molar-refractivity contribution in [1.29, 1.82) is 0 Å². The van der Waals surface area contributed by atoms with Gasteiger partial charge in [-0.2, -0.15) is 0 Å². The molecule has 1 saturated heterocycles. The summed E-state index contributed by atoms with van der Waals surface area (Å²) < 4.78 is 13.8.